The number of benzene rings is 3. The number of likely N-dealkylation sites (N-methyl/N-ethyl adjacent to an activating group) is 1. The molecular weight excluding hydrogens is 366 g/mol. The molecule has 2 heterocycles. The molecule has 0 amide bonds. The molecule has 0 fully saturated rings. The van der Waals surface area contributed by atoms with Crippen LogP contribution in [0.5, 0.6) is 11.5 Å². The van der Waals surface area contributed by atoms with Crippen LogP contribution in [-0.4, -0.2) is 31.2 Å². The summed E-state index contributed by atoms with van der Waals surface area (Å²) in [4.78, 5) is 14.3. The van der Waals surface area contributed by atoms with E-state index in [1.807, 2.05) is 55.6 Å². The normalized spacial score (nSPS) is 15.9. The predicted octanol–water partition coefficient (Wildman–Crippen LogP) is 4.22. The molecule has 0 bridgehead atoms. The molecule has 3 aromatic carbocycles. The van der Waals surface area contributed by atoms with Crippen molar-refractivity contribution in [1.82, 2.24) is 4.90 Å². The molecule has 146 valence electrons. The average molecular weight is 387 g/mol. The van der Waals surface area contributed by atoms with Gasteiger partial charge in [0.1, 0.15) is 18.3 Å². The van der Waals surface area contributed by atoms with Gasteiger partial charge in [-0.05, 0) is 41.6 Å². The van der Waals surface area contributed by atoms with E-state index in [2.05, 4.69) is 17.0 Å². The van der Waals surface area contributed by atoms with Gasteiger partial charge in [-0.3, -0.25) is 4.90 Å². The van der Waals surface area contributed by atoms with Crippen LogP contribution >= 0.6 is 0 Å². The van der Waals surface area contributed by atoms with E-state index in [0.29, 0.717) is 25.3 Å². The lowest BCUT2D eigenvalue weighted by atomic mass is 10.0. The van der Waals surface area contributed by atoms with Gasteiger partial charge in [0, 0.05) is 24.5 Å². The maximum absolute atomic E-state index is 12.1. The minimum Gasteiger partial charge on any atom is -0.486 e. The molecule has 0 N–H and O–H groups in total. The van der Waals surface area contributed by atoms with Gasteiger partial charge in [0.15, 0.2) is 11.5 Å². The van der Waals surface area contributed by atoms with Crippen molar-refractivity contribution >= 4 is 21.7 Å². The molecular formula is C24H21NO4. The first-order valence-electron chi connectivity index (χ1n) is 9.69. The third-order valence-corrected chi connectivity index (χ3v) is 5.24. The minimum absolute atomic E-state index is 0.0713. The van der Waals surface area contributed by atoms with E-state index in [1.54, 1.807) is 6.07 Å². The molecule has 5 heteroatoms. The van der Waals surface area contributed by atoms with Crippen LogP contribution in [0.3, 0.4) is 0 Å². The average Bonchev–Trinajstić information content (AvgIpc) is 2.73. The first-order chi connectivity index (χ1) is 14.2. The summed E-state index contributed by atoms with van der Waals surface area (Å²) in [6.45, 7) is 1.79. The Morgan fingerprint density at radius 1 is 1.00 bits per heavy atom. The minimum atomic E-state index is -0.331. The molecule has 1 aliphatic rings. The molecule has 5 rings (SSSR count). The molecule has 0 unspecified atom stereocenters. The SMILES string of the molecule is CN(Cc1cc(=O)oc2ccc3ccccc3c12)C[C@H]1COc2ccccc2O1. The zero-order valence-corrected chi connectivity index (χ0v) is 16.1. The highest BCUT2D eigenvalue weighted by molar-refractivity contribution is 6.07. The summed E-state index contributed by atoms with van der Waals surface area (Å²) in [5, 5.41) is 3.20. The van der Waals surface area contributed by atoms with Gasteiger partial charge in [-0.2, -0.15) is 0 Å². The van der Waals surface area contributed by atoms with Crippen LogP contribution in [-0.2, 0) is 6.54 Å². The zero-order chi connectivity index (χ0) is 19.8. The summed E-state index contributed by atoms with van der Waals surface area (Å²) in [7, 11) is 2.02. The molecule has 0 aliphatic carbocycles. The fraction of sp³-hybridized carbons (Fsp3) is 0.208. The first kappa shape index (κ1) is 17.8. The van der Waals surface area contributed by atoms with Crippen molar-refractivity contribution in [2.45, 2.75) is 12.6 Å². The van der Waals surface area contributed by atoms with Gasteiger partial charge in [0.05, 0.1) is 0 Å². The molecule has 1 aromatic heterocycles. The Hall–Kier alpha value is -3.31. The van der Waals surface area contributed by atoms with Crippen molar-refractivity contribution in [1.29, 1.82) is 0 Å². The van der Waals surface area contributed by atoms with Crippen molar-refractivity contribution in [2.75, 3.05) is 20.2 Å². The summed E-state index contributed by atoms with van der Waals surface area (Å²) in [6, 6.07) is 21.3. The van der Waals surface area contributed by atoms with E-state index in [1.165, 1.54) is 0 Å². The second kappa shape index (κ2) is 7.26. The topological polar surface area (TPSA) is 51.9 Å². The standard InChI is InChI=1S/C24H21NO4/c1-25(14-18-15-27-20-8-4-5-9-21(20)28-18)13-17-12-23(26)29-22-11-10-16-6-2-3-7-19(16)24(17)22/h2-12,18H,13-15H2,1H3/t18-/m0/s1. The van der Waals surface area contributed by atoms with E-state index < -0.39 is 0 Å². The number of fused-ring (bicyclic) bond motifs is 4. The van der Waals surface area contributed by atoms with Crippen LogP contribution in [0, 0.1) is 0 Å². The maximum Gasteiger partial charge on any atom is 0.336 e. The van der Waals surface area contributed by atoms with E-state index in [0.717, 1.165) is 33.2 Å². The first-order valence-corrected chi connectivity index (χ1v) is 9.69. The van der Waals surface area contributed by atoms with Gasteiger partial charge in [0.2, 0.25) is 0 Å². The highest BCUT2D eigenvalue weighted by Gasteiger charge is 2.22. The third kappa shape index (κ3) is 3.45. The molecule has 5 nitrogen and oxygen atoms in total. The maximum atomic E-state index is 12.1. The quantitative estimate of drug-likeness (QED) is 0.388. The highest BCUT2D eigenvalue weighted by Crippen LogP contribution is 2.31. The number of nitrogens with zero attached hydrogens (tertiary/aromatic N) is 1. The number of para-hydroxylation sites is 2. The van der Waals surface area contributed by atoms with Crippen LogP contribution in [0.2, 0.25) is 0 Å². The molecule has 0 spiro atoms. The molecule has 0 saturated heterocycles. The lowest BCUT2D eigenvalue weighted by molar-refractivity contribution is 0.0639. The Balaban J connectivity index is 1.43. The Kier molecular flexibility index (Phi) is 4.45. The number of hydrogen-bond acceptors (Lipinski definition) is 5. The molecule has 1 atom stereocenters. The van der Waals surface area contributed by atoms with Crippen LogP contribution in [0.1, 0.15) is 5.56 Å². The summed E-state index contributed by atoms with van der Waals surface area (Å²) >= 11 is 0. The summed E-state index contributed by atoms with van der Waals surface area (Å²) in [6.07, 6.45) is -0.0713. The van der Waals surface area contributed by atoms with Gasteiger partial charge in [-0.15, -0.1) is 0 Å². The van der Waals surface area contributed by atoms with E-state index in [9.17, 15) is 4.79 Å². The lowest BCUT2D eigenvalue weighted by Gasteiger charge is -2.29. The van der Waals surface area contributed by atoms with Gasteiger partial charge in [-0.25, -0.2) is 4.79 Å². The molecule has 4 aromatic rings. The molecule has 1 aliphatic heterocycles. The van der Waals surface area contributed by atoms with E-state index in [-0.39, 0.29) is 11.7 Å². The largest absolute Gasteiger partial charge is 0.486 e. The Labute approximate surface area is 168 Å². The highest BCUT2D eigenvalue weighted by atomic mass is 16.6. The van der Waals surface area contributed by atoms with Crippen molar-refractivity contribution in [3.63, 3.8) is 0 Å². The van der Waals surface area contributed by atoms with E-state index in [4.69, 9.17) is 13.9 Å². The fourth-order valence-corrected chi connectivity index (χ4v) is 4.00. The van der Waals surface area contributed by atoms with Gasteiger partial charge < -0.3 is 13.9 Å². The van der Waals surface area contributed by atoms with Crippen molar-refractivity contribution in [3.05, 3.63) is 82.7 Å². The second-order valence-corrected chi connectivity index (χ2v) is 7.44. The Bertz CT molecular complexity index is 1250. The predicted molar refractivity (Wildman–Crippen MR) is 113 cm³/mol. The van der Waals surface area contributed by atoms with Gasteiger partial charge >= 0.3 is 5.63 Å². The van der Waals surface area contributed by atoms with Crippen LogP contribution in [0.15, 0.2) is 75.9 Å². The summed E-state index contributed by atoms with van der Waals surface area (Å²) in [5.41, 5.74) is 1.24. The smallest absolute Gasteiger partial charge is 0.336 e. The Morgan fingerprint density at radius 2 is 1.79 bits per heavy atom. The molecule has 29 heavy (non-hydrogen) atoms. The van der Waals surface area contributed by atoms with Crippen molar-refractivity contribution < 1.29 is 13.9 Å². The molecule has 0 radical (unpaired) electrons. The van der Waals surface area contributed by atoms with Crippen molar-refractivity contribution in [2.24, 2.45) is 0 Å². The Morgan fingerprint density at radius 3 is 2.69 bits per heavy atom. The lowest BCUT2D eigenvalue weighted by Crippen LogP contribution is -2.39. The van der Waals surface area contributed by atoms with Crippen LogP contribution < -0.4 is 15.1 Å². The van der Waals surface area contributed by atoms with E-state index >= 15 is 0 Å². The monoisotopic (exact) mass is 387 g/mol. The zero-order valence-electron chi connectivity index (χ0n) is 16.1. The number of ether oxygens (including phenoxy) is 2. The number of hydrogen-bond donors (Lipinski definition) is 0. The van der Waals surface area contributed by atoms with Gasteiger partial charge in [0.25, 0.3) is 0 Å². The van der Waals surface area contributed by atoms with Crippen molar-refractivity contribution in [3.8, 4) is 11.5 Å². The molecule has 0 saturated carbocycles. The third-order valence-electron chi connectivity index (χ3n) is 5.24. The van der Waals surface area contributed by atoms with Gasteiger partial charge in [-0.1, -0.05) is 42.5 Å². The summed E-state index contributed by atoms with van der Waals surface area (Å²) in [5.74, 6) is 1.55. The van der Waals surface area contributed by atoms with Crippen LogP contribution in [0.4, 0.5) is 0 Å². The number of rotatable bonds is 4. The van der Waals surface area contributed by atoms with Crippen LogP contribution in [0.25, 0.3) is 21.7 Å². The summed E-state index contributed by atoms with van der Waals surface area (Å²) < 4.78 is 17.4. The second-order valence-electron chi connectivity index (χ2n) is 7.44. The fourth-order valence-electron chi connectivity index (χ4n) is 4.00.